The average molecular weight is 270 g/mol. The van der Waals surface area contributed by atoms with Gasteiger partial charge in [0.15, 0.2) is 5.78 Å². The van der Waals surface area contributed by atoms with E-state index in [1.54, 1.807) is 0 Å². The summed E-state index contributed by atoms with van der Waals surface area (Å²) < 4.78 is 0. The maximum atomic E-state index is 11.5. The van der Waals surface area contributed by atoms with Crippen LogP contribution < -0.4 is 5.43 Å². The number of carbonyl (C=O) groups excluding carboxylic acids is 1. The number of hydrazone groups is 1. The minimum absolute atomic E-state index is 0.191. The molecule has 1 N–H and O–H groups in total. The zero-order chi connectivity index (χ0) is 13.8. The lowest BCUT2D eigenvalue weighted by Crippen LogP contribution is -2.07. The predicted molar refractivity (Wildman–Crippen MR) is 82.2 cm³/mol. The molecule has 0 spiro atoms. The van der Waals surface area contributed by atoms with Crippen molar-refractivity contribution in [2.45, 2.75) is 57.3 Å². The number of nitrogens with zero attached hydrogens (tertiary/aromatic N) is 1. The number of hydrogen-bond acceptors (Lipinski definition) is 3. The van der Waals surface area contributed by atoms with E-state index in [9.17, 15) is 4.79 Å². The molecular formula is C17H22N2O. The van der Waals surface area contributed by atoms with E-state index in [1.807, 2.05) is 0 Å². The summed E-state index contributed by atoms with van der Waals surface area (Å²) in [6.45, 7) is 0. The zero-order valence-corrected chi connectivity index (χ0v) is 11.9. The van der Waals surface area contributed by atoms with Crippen molar-refractivity contribution in [2.75, 3.05) is 5.43 Å². The summed E-state index contributed by atoms with van der Waals surface area (Å²) in [5.74, 6) is 0.928. The Morgan fingerprint density at radius 2 is 1.70 bits per heavy atom. The molecule has 2 aliphatic rings. The Morgan fingerprint density at radius 1 is 0.950 bits per heavy atom. The highest BCUT2D eigenvalue weighted by Gasteiger charge is 2.18. The summed E-state index contributed by atoms with van der Waals surface area (Å²) in [6.07, 6.45) is 9.17. The van der Waals surface area contributed by atoms with Crippen LogP contribution in [-0.2, 0) is 4.79 Å². The number of hydrogen-bond donors (Lipinski definition) is 1. The Morgan fingerprint density at radius 3 is 2.35 bits per heavy atom. The van der Waals surface area contributed by atoms with Gasteiger partial charge < -0.3 is 0 Å². The molecule has 0 atom stereocenters. The number of ketones is 1. The van der Waals surface area contributed by atoms with Crippen LogP contribution in [0.5, 0.6) is 0 Å². The molecule has 0 bridgehead atoms. The van der Waals surface area contributed by atoms with E-state index in [0.717, 1.165) is 24.4 Å². The SMILES string of the molecule is O=C1CCC/C1=N/Nc1ccc(C2CCCCC2)cc1. The number of nitrogens with one attached hydrogen (secondary N) is 1. The zero-order valence-electron chi connectivity index (χ0n) is 11.9. The van der Waals surface area contributed by atoms with E-state index in [1.165, 1.54) is 37.7 Å². The van der Waals surface area contributed by atoms with Gasteiger partial charge in [0.1, 0.15) is 5.71 Å². The minimum Gasteiger partial charge on any atom is -0.293 e. The van der Waals surface area contributed by atoms with Crippen LogP contribution in [0.2, 0.25) is 0 Å². The van der Waals surface area contributed by atoms with Crippen LogP contribution in [-0.4, -0.2) is 11.5 Å². The molecule has 2 saturated carbocycles. The quantitative estimate of drug-likeness (QED) is 0.834. The van der Waals surface area contributed by atoms with Gasteiger partial charge in [-0.1, -0.05) is 31.4 Å². The van der Waals surface area contributed by atoms with Crippen molar-refractivity contribution in [3.05, 3.63) is 29.8 Å². The first kappa shape index (κ1) is 13.3. The van der Waals surface area contributed by atoms with E-state index < -0.39 is 0 Å². The molecule has 0 aromatic heterocycles. The smallest absolute Gasteiger partial charge is 0.178 e. The molecule has 0 heterocycles. The molecule has 1 aromatic carbocycles. The van der Waals surface area contributed by atoms with Crippen LogP contribution >= 0.6 is 0 Å². The molecule has 1 aromatic rings. The van der Waals surface area contributed by atoms with Gasteiger partial charge in [0.2, 0.25) is 0 Å². The number of anilines is 1. The van der Waals surface area contributed by atoms with Gasteiger partial charge in [0.25, 0.3) is 0 Å². The molecule has 0 amide bonds. The van der Waals surface area contributed by atoms with Crippen LogP contribution in [0.15, 0.2) is 29.4 Å². The van der Waals surface area contributed by atoms with Gasteiger partial charge >= 0.3 is 0 Å². The van der Waals surface area contributed by atoms with Crippen LogP contribution in [0.25, 0.3) is 0 Å². The third-order valence-electron chi connectivity index (χ3n) is 4.45. The first-order valence-electron chi connectivity index (χ1n) is 7.78. The van der Waals surface area contributed by atoms with Crippen molar-refractivity contribution in [1.82, 2.24) is 0 Å². The highest BCUT2D eigenvalue weighted by Crippen LogP contribution is 2.32. The van der Waals surface area contributed by atoms with Crippen molar-refractivity contribution >= 4 is 17.2 Å². The molecular weight excluding hydrogens is 248 g/mol. The van der Waals surface area contributed by atoms with Crippen molar-refractivity contribution in [3.63, 3.8) is 0 Å². The highest BCUT2D eigenvalue weighted by atomic mass is 16.1. The van der Waals surface area contributed by atoms with Crippen LogP contribution in [0.3, 0.4) is 0 Å². The van der Waals surface area contributed by atoms with Crippen molar-refractivity contribution in [1.29, 1.82) is 0 Å². The number of benzene rings is 1. The summed E-state index contributed by atoms with van der Waals surface area (Å²) in [5, 5.41) is 4.23. The maximum Gasteiger partial charge on any atom is 0.178 e. The summed E-state index contributed by atoms with van der Waals surface area (Å²) >= 11 is 0. The normalized spacial score (nSPS) is 22.4. The monoisotopic (exact) mass is 270 g/mol. The fourth-order valence-corrected chi connectivity index (χ4v) is 3.22. The summed E-state index contributed by atoms with van der Waals surface area (Å²) in [4.78, 5) is 11.5. The first-order valence-corrected chi connectivity index (χ1v) is 7.78. The second-order valence-corrected chi connectivity index (χ2v) is 5.90. The third-order valence-corrected chi connectivity index (χ3v) is 4.45. The summed E-state index contributed by atoms with van der Waals surface area (Å²) in [5.41, 5.74) is 6.12. The van der Waals surface area contributed by atoms with Crippen molar-refractivity contribution in [3.8, 4) is 0 Å². The Bertz CT molecular complexity index is 498. The van der Waals surface area contributed by atoms with E-state index >= 15 is 0 Å². The molecule has 2 aliphatic carbocycles. The lowest BCUT2D eigenvalue weighted by atomic mass is 9.84. The van der Waals surface area contributed by atoms with Gasteiger partial charge in [-0.05, 0) is 49.3 Å². The van der Waals surface area contributed by atoms with Crippen LogP contribution in [0.4, 0.5) is 5.69 Å². The maximum absolute atomic E-state index is 11.5. The Labute approximate surface area is 120 Å². The molecule has 0 radical (unpaired) electrons. The number of rotatable bonds is 3. The first-order chi connectivity index (χ1) is 9.83. The van der Waals surface area contributed by atoms with Gasteiger partial charge in [-0.3, -0.25) is 10.2 Å². The fraction of sp³-hybridized carbons (Fsp3) is 0.529. The molecule has 0 unspecified atom stereocenters. The summed E-state index contributed by atoms with van der Waals surface area (Å²) in [6, 6.07) is 8.56. The highest BCUT2D eigenvalue weighted by molar-refractivity contribution is 6.41. The number of carbonyl (C=O) groups is 1. The molecule has 20 heavy (non-hydrogen) atoms. The molecule has 0 saturated heterocycles. The predicted octanol–water partition coefficient (Wildman–Crippen LogP) is 4.26. The van der Waals surface area contributed by atoms with Crippen LogP contribution in [0, 0.1) is 0 Å². The Hall–Kier alpha value is -1.64. The van der Waals surface area contributed by atoms with Gasteiger partial charge in [0, 0.05) is 6.42 Å². The van der Waals surface area contributed by atoms with E-state index in [2.05, 4.69) is 34.8 Å². The van der Waals surface area contributed by atoms with Gasteiger partial charge in [-0.25, -0.2) is 0 Å². The molecule has 3 heteroatoms. The van der Waals surface area contributed by atoms with Gasteiger partial charge in [-0.15, -0.1) is 0 Å². The second-order valence-electron chi connectivity index (χ2n) is 5.90. The molecule has 2 fully saturated rings. The van der Waals surface area contributed by atoms with E-state index in [4.69, 9.17) is 0 Å². The topological polar surface area (TPSA) is 41.5 Å². The number of Topliss-reactive ketones (excluding diaryl/α,β-unsaturated/α-hetero) is 1. The fourth-order valence-electron chi connectivity index (χ4n) is 3.22. The van der Waals surface area contributed by atoms with Gasteiger partial charge in [0.05, 0.1) is 5.69 Å². The summed E-state index contributed by atoms with van der Waals surface area (Å²) in [7, 11) is 0. The van der Waals surface area contributed by atoms with Crippen molar-refractivity contribution in [2.24, 2.45) is 5.10 Å². The third kappa shape index (κ3) is 3.09. The standard InChI is InChI=1S/C17H22N2O/c20-17-8-4-7-16(17)19-18-15-11-9-14(10-12-15)13-5-2-1-3-6-13/h9-13,18H,1-8H2/b19-16-. The molecule has 3 rings (SSSR count). The Kier molecular flexibility index (Phi) is 4.14. The van der Waals surface area contributed by atoms with Crippen molar-refractivity contribution < 1.29 is 4.79 Å². The molecule has 0 aliphatic heterocycles. The van der Waals surface area contributed by atoms with E-state index in [0.29, 0.717) is 12.1 Å². The second kappa shape index (κ2) is 6.21. The van der Waals surface area contributed by atoms with E-state index in [-0.39, 0.29) is 5.78 Å². The minimum atomic E-state index is 0.191. The van der Waals surface area contributed by atoms with Crippen LogP contribution in [0.1, 0.15) is 62.8 Å². The lowest BCUT2D eigenvalue weighted by molar-refractivity contribution is -0.112. The average Bonchev–Trinajstić information content (AvgIpc) is 2.92. The lowest BCUT2D eigenvalue weighted by Gasteiger charge is -2.22. The Balaban J connectivity index is 1.62. The largest absolute Gasteiger partial charge is 0.293 e. The molecule has 106 valence electrons. The molecule has 3 nitrogen and oxygen atoms in total. The van der Waals surface area contributed by atoms with Gasteiger partial charge in [-0.2, -0.15) is 5.10 Å².